The van der Waals surface area contributed by atoms with E-state index in [2.05, 4.69) is 28.3 Å². The Kier molecular flexibility index (Phi) is 6.03. The minimum Gasteiger partial charge on any atom is -0.494 e. The van der Waals surface area contributed by atoms with E-state index in [1.165, 1.54) is 12.7 Å². The molecule has 1 aromatic carbocycles. The molecule has 2 rings (SSSR count). The molecule has 1 N–H and O–H groups in total. The summed E-state index contributed by atoms with van der Waals surface area (Å²) in [5.74, 6) is 0.933. The molecule has 0 radical (unpaired) electrons. The van der Waals surface area contributed by atoms with Crippen molar-refractivity contribution >= 4 is 12.2 Å². The lowest BCUT2D eigenvalue weighted by atomic mass is 10.0. The summed E-state index contributed by atoms with van der Waals surface area (Å²) in [6, 6.07) is 8.04. The molecule has 0 aromatic heterocycles. The van der Waals surface area contributed by atoms with E-state index < -0.39 is 6.09 Å². The first kappa shape index (κ1) is 16.9. The van der Waals surface area contributed by atoms with Crippen LogP contribution in [0.25, 0.3) is 6.08 Å². The van der Waals surface area contributed by atoms with Crippen molar-refractivity contribution in [2.45, 2.75) is 26.3 Å². The molecule has 0 spiro atoms. The first-order valence-corrected chi connectivity index (χ1v) is 7.78. The molecule has 0 saturated heterocycles. The smallest absolute Gasteiger partial charge is 0.407 e. The van der Waals surface area contributed by atoms with Gasteiger partial charge in [0.25, 0.3) is 0 Å². The van der Waals surface area contributed by atoms with Crippen LogP contribution in [0.3, 0.4) is 0 Å². The zero-order valence-corrected chi connectivity index (χ0v) is 13.8. The summed E-state index contributed by atoms with van der Waals surface area (Å²) in [6.07, 6.45) is 8.77. The highest BCUT2D eigenvalue weighted by Gasteiger charge is 2.09. The second-order valence-electron chi connectivity index (χ2n) is 5.32. The van der Waals surface area contributed by atoms with Gasteiger partial charge in [0.15, 0.2) is 0 Å². The Bertz CT molecular complexity index is 627. The van der Waals surface area contributed by atoms with Crippen molar-refractivity contribution in [1.82, 2.24) is 5.32 Å². The van der Waals surface area contributed by atoms with E-state index >= 15 is 0 Å². The van der Waals surface area contributed by atoms with Crippen LogP contribution in [0.5, 0.6) is 0 Å². The number of alkyl carbamates (subject to hydrolysis) is 1. The second-order valence-corrected chi connectivity index (χ2v) is 5.32. The molecule has 1 aliphatic carbocycles. The van der Waals surface area contributed by atoms with Crippen LogP contribution >= 0.6 is 0 Å². The van der Waals surface area contributed by atoms with Crippen molar-refractivity contribution < 1.29 is 14.3 Å². The first-order valence-electron chi connectivity index (χ1n) is 7.78. The lowest BCUT2D eigenvalue weighted by Gasteiger charge is -2.13. The number of methoxy groups -OCH3 is 1. The van der Waals surface area contributed by atoms with Gasteiger partial charge in [0.1, 0.15) is 5.76 Å². The number of benzene rings is 1. The van der Waals surface area contributed by atoms with Gasteiger partial charge in [0, 0.05) is 0 Å². The topological polar surface area (TPSA) is 47.6 Å². The van der Waals surface area contributed by atoms with E-state index in [-0.39, 0.29) is 6.04 Å². The van der Waals surface area contributed by atoms with E-state index in [1.807, 2.05) is 44.2 Å². The molecule has 0 bridgehead atoms. The molecule has 0 saturated carbocycles. The minimum atomic E-state index is -0.423. The molecule has 1 aromatic rings. The molecular weight excluding hydrogens is 290 g/mol. The molecule has 4 nitrogen and oxygen atoms in total. The number of amides is 1. The van der Waals surface area contributed by atoms with E-state index in [1.54, 1.807) is 0 Å². The molecular formula is C19H23NO3. The Balaban J connectivity index is 1.99. The number of hydrogen-bond acceptors (Lipinski definition) is 3. The van der Waals surface area contributed by atoms with Gasteiger partial charge >= 0.3 is 6.09 Å². The van der Waals surface area contributed by atoms with Gasteiger partial charge in [-0.15, -0.1) is 0 Å². The summed E-state index contributed by atoms with van der Waals surface area (Å²) in [7, 11) is 1.36. The van der Waals surface area contributed by atoms with E-state index in [0.29, 0.717) is 6.61 Å². The van der Waals surface area contributed by atoms with Gasteiger partial charge in [0.2, 0.25) is 0 Å². The maximum absolute atomic E-state index is 11.2. The van der Waals surface area contributed by atoms with Crippen molar-refractivity contribution in [3.63, 3.8) is 0 Å². The van der Waals surface area contributed by atoms with E-state index in [0.717, 1.165) is 23.3 Å². The van der Waals surface area contributed by atoms with Gasteiger partial charge in [-0.05, 0) is 49.1 Å². The number of rotatable bonds is 5. The van der Waals surface area contributed by atoms with Crippen molar-refractivity contribution in [3.05, 3.63) is 65.0 Å². The third-order valence-electron chi connectivity index (χ3n) is 3.62. The molecule has 23 heavy (non-hydrogen) atoms. The molecule has 1 amide bonds. The fourth-order valence-electron chi connectivity index (χ4n) is 2.34. The summed E-state index contributed by atoms with van der Waals surface area (Å²) >= 11 is 0. The number of ether oxygens (including phenoxy) is 2. The van der Waals surface area contributed by atoms with Crippen LogP contribution in [0, 0.1) is 0 Å². The lowest BCUT2D eigenvalue weighted by Crippen LogP contribution is -2.26. The van der Waals surface area contributed by atoms with Gasteiger partial charge in [-0.2, -0.15) is 0 Å². The number of carbonyl (C=O) groups is 1. The van der Waals surface area contributed by atoms with Crippen molar-refractivity contribution in [2.75, 3.05) is 13.7 Å². The van der Waals surface area contributed by atoms with Crippen LogP contribution in [0.4, 0.5) is 4.79 Å². The molecule has 1 unspecified atom stereocenters. The summed E-state index contributed by atoms with van der Waals surface area (Å²) in [4.78, 5) is 11.2. The Hall–Kier alpha value is -2.49. The first-order chi connectivity index (χ1) is 11.1. The monoisotopic (exact) mass is 313 g/mol. The van der Waals surface area contributed by atoms with Crippen molar-refractivity contribution in [1.29, 1.82) is 0 Å². The third kappa shape index (κ3) is 5.02. The van der Waals surface area contributed by atoms with Crippen LogP contribution in [0.1, 0.15) is 37.4 Å². The maximum atomic E-state index is 11.2. The standard InChI is InChI=1S/C19H23NO3/c1-4-23-18-11-7-16(8-12-18)13-15-5-9-17(10-6-15)14(2)20-19(21)22-3/h5-7,9-14H,4,8H2,1-3H3,(H,20,21). The Morgan fingerprint density at radius 3 is 2.61 bits per heavy atom. The van der Waals surface area contributed by atoms with Crippen LogP contribution < -0.4 is 5.32 Å². The normalized spacial score (nSPS) is 16.7. The van der Waals surface area contributed by atoms with Crippen LogP contribution in [0.15, 0.2) is 53.8 Å². The SMILES string of the molecule is CCOC1=CCC(=Cc2ccc(C(C)NC(=O)OC)cc2)C=C1. The highest BCUT2D eigenvalue weighted by atomic mass is 16.5. The van der Waals surface area contributed by atoms with Gasteiger partial charge in [-0.25, -0.2) is 4.79 Å². The fraction of sp³-hybridized carbons (Fsp3) is 0.316. The molecule has 4 heteroatoms. The quantitative estimate of drug-likeness (QED) is 0.878. The van der Waals surface area contributed by atoms with Crippen LogP contribution in [0.2, 0.25) is 0 Å². The number of nitrogens with one attached hydrogen (secondary N) is 1. The number of hydrogen-bond donors (Lipinski definition) is 1. The predicted octanol–water partition coefficient (Wildman–Crippen LogP) is 4.37. The van der Waals surface area contributed by atoms with Crippen molar-refractivity contribution in [3.8, 4) is 0 Å². The zero-order chi connectivity index (χ0) is 16.7. The summed E-state index contributed by atoms with van der Waals surface area (Å²) in [5.41, 5.74) is 3.41. The Morgan fingerprint density at radius 1 is 1.30 bits per heavy atom. The van der Waals surface area contributed by atoms with Crippen LogP contribution in [-0.2, 0) is 9.47 Å². The van der Waals surface area contributed by atoms with E-state index in [9.17, 15) is 4.79 Å². The highest BCUT2D eigenvalue weighted by molar-refractivity contribution is 5.67. The zero-order valence-electron chi connectivity index (χ0n) is 13.8. The Labute approximate surface area is 137 Å². The highest BCUT2D eigenvalue weighted by Crippen LogP contribution is 2.20. The predicted molar refractivity (Wildman–Crippen MR) is 91.8 cm³/mol. The average Bonchev–Trinajstić information content (AvgIpc) is 2.57. The van der Waals surface area contributed by atoms with Gasteiger partial charge in [-0.3, -0.25) is 0 Å². The third-order valence-corrected chi connectivity index (χ3v) is 3.62. The Morgan fingerprint density at radius 2 is 2.04 bits per heavy atom. The van der Waals surface area contributed by atoms with Gasteiger partial charge in [0.05, 0.1) is 19.8 Å². The molecule has 1 aliphatic rings. The number of allylic oxidation sites excluding steroid dienone is 4. The molecule has 1 atom stereocenters. The van der Waals surface area contributed by atoms with Gasteiger partial charge < -0.3 is 14.8 Å². The second kappa shape index (κ2) is 8.22. The molecule has 0 fully saturated rings. The maximum Gasteiger partial charge on any atom is 0.407 e. The fourth-order valence-corrected chi connectivity index (χ4v) is 2.34. The lowest BCUT2D eigenvalue weighted by molar-refractivity contribution is 0.167. The average molecular weight is 313 g/mol. The van der Waals surface area contributed by atoms with E-state index in [4.69, 9.17) is 4.74 Å². The molecule has 0 heterocycles. The summed E-state index contributed by atoms with van der Waals surface area (Å²) < 4.78 is 10.1. The number of carbonyl (C=O) groups excluding carboxylic acids is 1. The molecule has 0 aliphatic heterocycles. The molecule has 122 valence electrons. The minimum absolute atomic E-state index is 0.0876. The van der Waals surface area contributed by atoms with Gasteiger partial charge in [-0.1, -0.05) is 36.4 Å². The summed E-state index contributed by atoms with van der Waals surface area (Å²) in [5, 5.41) is 2.75. The van der Waals surface area contributed by atoms with Crippen molar-refractivity contribution in [2.24, 2.45) is 0 Å². The largest absolute Gasteiger partial charge is 0.494 e. The summed E-state index contributed by atoms with van der Waals surface area (Å²) in [6.45, 7) is 4.60. The van der Waals surface area contributed by atoms with Crippen LogP contribution in [-0.4, -0.2) is 19.8 Å².